The summed E-state index contributed by atoms with van der Waals surface area (Å²) in [6, 6.07) is -7.03. The van der Waals surface area contributed by atoms with Crippen molar-refractivity contribution in [2.24, 2.45) is 11.8 Å². The maximum absolute atomic E-state index is 12.9. The first-order valence-corrected chi connectivity index (χ1v) is 36.7. The average Bonchev–Trinajstić information content (AvgIpc) is 0.779. The van der Waals surface area contributed by atoms with Gasteiger partial charge in [0.15, 0.2) is 50.3 Å². The van der Waals surface area contributed by atoms with Crippen LogP contribution in [0.3, 0.4) is 0 Å². The van der Waals surface area contributed by atoms with Crippen LogP contribution in [-0.2, 0) is 90.2 Å². The lowest BCUT2D eigenvalue weighted by atomic mass is 9.92. The van der Waals surface area contributed by atoms with E-state index in [-0.39, 0.29) is 0 Å². The molecule has 0 aliphatic carbocycles. The van der Waals surface area contributed by atoms with Gasteiger partial charge in [0.2, 0.25) is 23.6 Å². The van der Waals surface area contributed by atoms with Gasteiger partial charge in [-0.25, -0.2) is 0 Å². The molecule has 7 aliphatic heterocycles. The minimum Gasteiger partial charge on any atom is -0.396 e. The first-order valence-electron chi connectivity index (χ1n) is 36.7. The van der Waals surface area contributed by atoms with E-state index in [9.17, 15) is 152 Å². The first kappa shape index (κ1) is 97.4. The van der Waals surface area contributed by atoms with Crippen LogP contribution < -0.4 is 21.3 Å². The molecule has 0 aromatic carbocycles. The van der Waals surface area contributed by atoms with Crippen LogP contribution in [0, 0.1) is 11.8 Å². The molecule has 4 amide bonds. The smallest absolute Gasteiger partial charge is 0.217 e. The lowest BCUT2D eigenvalue weighted by molar-refractivity contribution is -0.382. The van der Waals surface area contributed by atoms with Crippen molar-refractivity contribution in [3.05, 3.63) is 0 Å². The van der Waals surface area contributed by atoms with E-state index in [1.165, 1.54) is 13.8 Å². The van der Waals surface area contributed by atoms with Crippen molar-refractivity contribution in [3.8, 4) is 0 Å². The van der Waals surface area contributed by atoms with Gasteiger partial charge in [0.05, 0.1) is 77.2 Å². The van der Waals surface area contributed by atoms with Gasteiger partial charge in [-0.1, -0.05) is 13.8 Å². The maximum atomic E-state index is 12.9. The molecule has 49 heteroatoms. The molecule has 7 heterocycles. The van der Waals surface area contributed by atoms with Gasteiger partial charge in [-0.2, -0.15) is 0 Å². The Morgan fingerprint density at radius 3 is 1.07 bits per heavy atom. The molecule has 0 saturated carbocycles. The summed E-state index contributed by atoms with van der Waals surface area (Å²) >= 11 is 0. The molecule has 0 aromatic rings. The average molecular weight is 1670 g/mol. The molecule has 49 nitrogen and oxygen atoms in total. The van der Waals surface area contributed by atoms with Gasteiger partial charge < -0.3 is 225 Å². The molecule has 18 unspecified atom stereocenters. The number of hydrogen-bond acceptors (Lipinski definition) is 45. The summed E-state index contributed by atoms with van der Waals surface area (Å²) in [6.45, 7) is -1.82. The topological polar surface area (TPSA) is 781 Å². The summed E-state index contributed by atoms with van der Waals surface area (Å²) in [7, 11) is 0. The molecule has 7 saturated heterocycles. The Kier molecular flexibility index (Phi) is 37.3. The highest BCUT2D eigenvalue weighted by Crippen LogP contribution is 2.38. The van der Waals surface area contributed by atoms with Crippen molar-refractivity contribution in [3.63, 3.8) is 0 Å². The quantitative estimate of drug-likeness (QED) is 0.0257. The standard InChI is InChI=1S/C65H114N4O45/c1-17(8-70)35(82)46(93)56(113-61-33(68-22(6)80)42(89)53(29(14-76)106-61)110-63-48(95)44(91)37(84)24(9-71)102-63)59(99)100-16-18(2)36(83)55(50(97)58(98)108-51-28(13-75)105-60(32(41(51)88)67-21(5)79)109-52-27(12-74)101-19(3)31(40(52)87)66-20(4)78)112-65-57(47(94)39(86)26(11-73)104-65)114-62-34(69-23(7)81)43(90)54(30(15-77)107-62)111-64-49(96)45(92)38(85)25(10-72)103-64/h17-19,24-65,70-77,82-99H,8-16H2,1-7H3,(H,66,78)(H,67,79)(H,68,80)(H,69,81)/t17?,18?,19-,24?,25+,26?,27?,28?,29-,30?,31?,32?,33?,34?,35+,36+,37-,38-,39+,40+,41+,42?,43+,44-,45-,46-,47?,48?,49?,50?,51+,52+,53+,54+,55-,56?,57?,58-,59+,60-,61-,62-,63-,64-,65+/m0/s1. The van der Waals surface area contributed by atoms with Gasteiger partial charge in [0, 0.05) is 46.1 Å². The molecule has 0 spiro atoms. The van der Waals surface area contributed by atoms with Gasteiger partial charge in [0.25, 0.3) is 0 Å². The van der Waals surface area contributed by atoms with E-state index in [1.54, 1.807) is 0 Å². The maximum Gasteiger partial charge on any atom is 0.217 e. The van der Waals surface area contributed by atoms with E-state index in [0.29, 0.717) is 0 Å². The van der Waals surface area contributed by atoms with Gasteiger partial charge in [-0.15, -0.1) is 0 Å². The van der Waals surface area contributed by atoms with Crippen molar-refractivity contribution in [1.29, 1.82) is 0 Å². The number of hydrogen-bond donors (Lipinski definition) is 30. The Morgan fingerprint density at radius 2 is 0.649 bits per heavy atom. The fourth-order valence-electron chi connectivity index (χ4n) is 14.2. The van der Waals surface area contributed by atoms with Crippen LogP contribution in [0.25, 0.3) is 0 Å². The fraction of sp³-hybridized carbons (Fsp3) is 0.938. The van der Waals surface area contributed by atoms with Crippen LogP contribution >= 0.6 is 0 Å². The zero-order valence-corrected chi connectivity index (χ0v) is 62.7. The second-order valence-electron chi connectivity index (χ2n) is 29.1. The minimum atomic E-state index is -2.93. The summed E-state index contributed by atoms with van der Waals surface area (Å²) in [5, 5.41) is 299. The SMILES string of the molecule is CC(=O)NC1C(O)[C@H](O[C@@H]2OC(CO)[C@H](O)[C@H](O)C2O)[C@H](CO)O[C@H]1OC([C@H](O)OCC(C)[C@@H](O)[C@H](O[C@H]1OC(CO)[C@@H](O)C(O)C1O[C@@H]1OC(CO)[C@@H](O[C@@H]2O[C@H](CO)[C@H](O)[C@H](O)C2O)[C@H](O)C1NC(C)=O)C(O)[C@@H](O)O[C@@H]1C(CO)O[C@@H](O[C@@H]2C(CO)O[C@@H](C)C(NC(C)=O)[C@H]2O)C(NC(C)=O)[C@H]1O)[C@@H](O)[C@H](O)C(C)CO. The summed E-state index contributed by atoms with van der Waals surface area (Å²) in [4.78, 5) is 50.9. The number of carbonyl (C=O) groups excluding carboxylic acids is 4. The van der Waals surface area contributed by atoms with Crippen LogP contribution in [0.2, 0.25) is 0 Å². The van der Waals surface area contributed by atoms with Crippen LogP contribution in [0.15, 0.2) is 0 Å². The Bertz CT molecular complexity index is 2930. The number of ether oxygens (including phenoxy) is 15. The second-order valence-corrected chi connectivity index (χ2v) is 29.1. The predicted octanol–water partition coefficient (Wildman–Crippen LogP) is -18.5. The monoisotopic (exact) mass is 1670 g/mol. The van der Waals surface area contributed by atoms with Gasteiger partial charge in [0.1, 0.15) is 189 Å². The van der Waals surface area contributed by atoms with E-state index in [0.717, 1.165) is 34.6 Å². The number of amides is 4. The fourth-order valence-corrected chi connectivity index (χ4v) is 14.2. The largest absolute Gasteiger partial charge is 0.396 e. The van der Waals surface area contributed by atoms with E-state index >= 15 is 0 Å². The molecule has 0 aromatic heterocycles. The lowest BCUT2D eigenvalue weighted by Crippen LogP contribution is -2.70. The van der Waals surface area contributed by atoms with Crippen LogP contribution in [0.5, 0.6) is 0 Å². The van der Waals surface area contributed by atoms with Gasteiger partial charge in [-0.3, -0.25) is 19.2 Å². The van der Waals surface area contributed by atoms with Crippen molar-refractivity contribution < 1.29 is 223 Å². The molecule has 114 heavy (non-hydrogen) atoms. The predicted molar refractivity (Wildman–Crippen MR) is 360 cm³/mol. The molecule has 30 N–H and O–H groups in total. The number of nitrogens with one attached hydrogen (secondary N) is 4. The molecule has 7 rings (SSSR count). The molecule has 7 aliphatic rings. The summed E-state index contributed by atoms with van der Waals surface area (Å²) in [5.74, 6) is -6.56. The third-order valence-electron chi connectivity index (χ3n) is 20.7. The van der Waals surface area contributed by atoms with E-state index in [1.807, 2.05) is 0 Å². The van der Waals surface area contributed by atoms with Crippen LogP contribution in [-0.4, -0.2) is 480 Å². The zero-order chi connectivity index (χ0) is 85.1. The zero-order valence-electron chi connectivity index (χ0n) is 62.7. The third kappa shape index (κ3) is 22.9. The lowest BCUT2D eigenvalue weighted by Gasteiger charge is -2.50. The van der Waals surface area contributed by atoms with Gasteiger partial charge >= 0.3 is 0 Å². The Balaban J connectivity index is 1.25. The molecule has 45 atom stereocenters. The molecule has 664 valence electrons. The van der Waals surface area contributed by atoms with E-state index in [4.69, 9.17) is 71.1 Å². The highest BCUT2D eigenvalue weighted by molar-refractivity contribution is 5.74. The Hall–Kier alpha value is -3.76. The molecular weight excluding hydrogens is 1560 g/mol. The summed E-state index contributed by atoms with van der Waals surface area (Å²) in [6.07, 6.45) is -82.0. The normalized spacial score (nSPS) is 43.0. The number of aliphatic hydroxyl groups is 26. The summed E-state index contributed by atoms with van der Waals surface area (Å²) < 4.78 is 87.8. The van der Waals surface area contributed by atoms with E-state index < -0.39 is 359 Å². The summed E-state index contributed by atoms with van der Waals surface area (Å²) in [5.41, 5.74) is 0. The molecular formula is C65H114N4O45. The van der Waals surface area contributed by atoms with Crippen molar-refractivity contribution >= 4 is 23.6 Å². The first-order chi connectivity index (χ1) is 53.7. The molecule has 0 bridgehead atoms. The van der Waals surface area contributed by atoms with Crippen molar-refractivity contribution in [2.45, 2.75) is 312 Å². The Labute approximate surface area is 649 Å². The molecule has 7 fully saturated rings. The second kappa shape index (κ2) is 43.6. The van der Waals surface area contributed by atoms with Crippen LogP contribution in [0.1, 0.15) is 48.5 Å². The highest BCUT2D eigenvalue weighted by Gasteiger charge is 2.59. The third-order valence-corrected chi connectivity index (χ3v) is 20.7. The van der Waals surface area contributed by atoms with Crippen LogP contribution in [0.4, 0.5) is 0 Å². The minimum absolute atomic E-state index is 0.635. The van der Waals surface area contributed by atoms with E-state index in [2.05, 4.69) is 21.3 Å². The number of carbonyl (C=O) groups is 4. The van der Waals surface area contributed by atoms with Crippen molar-refractivity contribution in [2.75, 3.05) is 59.5 Å². The Morgan fingerprint density at radius 1 is 0.316 bits per heavy atom. The number of rotatable bonds is 37. The number of aliphatic hydroxyl groups excluding tert-OH is 26. The van der Waals surface area contributed by atoms with Crippen molar-refractivity contribution in [1.82, 2.24) is 21.3 Å². The van der Waals surface area contributed by atoms with Gasteiger partial charge in [-0.05, 0) is 6.92 Å². The molecule has 0 radical (unpaired) electrons. The highest BCUT2D eigenvalue weighted by atomic mass is 16.8.